The standard InChI is InChI=1S/C22H22S4/c1-17-7-9-19(21(15-17)25-11-3-4-12-25)23-24-20-10-8-18(2)16-22(20)26-13-5-6-14-26/h3-16,25-26H,1-2H3. The Morgan fingerprint density at radius 3 is 1.35 bits per heavy atom. The first-order valence-corrected chi connectivity index (χ1v) is 13.6. The van der Waals surface area contributed by atoms with Crippen LogP contribution in [0.25, 0.3) is 0 Å². The van der Waals surface area contributed by atoms with E-state index in [1.165, 1.54) is 30.7 Å². The molecule has 4 rings (SSSR count). The van der Waals surface area contributed by atoms with Crippen molar-refractivity contribution >= 4 is 43.4 Å². The van der Waals surface area contributed by atoms with Gasteiger partial charge in [0, 0.05) is 19.6 Å². The highest BCUT2D eigenvalue weighted by molar-refractivity contribution is 8.76. The lowest BCUT2D eigenvalue weighted by Gasteiger charge is -2.18. The molecule has 0 saturated carbocycles. The van der Waals surface area contributed by atoms with Crippen LogP contribution in [0.2, 0.25) is 0 Å². The summed E-state index contributed by atoms with van der Waals surface area (Å²) < 4.78 is 0. The average Bonchev–Trinajstić information content (AvgIpc) is 3.35. The molecule has 0 aliphatic carbocycles. The molecule has 0 N–H and O–H groups in total. The molecule has 0 bridgehead atoms. The summed E-state index contributed by atoms with van der Waals surface area (Å²) >= 11 is 0. The Hall–Kier alpha value is -1.20. The Balaban J connectivity index is 1.60. The van der Waals surface area contributed by atoms with Gasteiger partial charge in [0.1, 0.15) is 0 Å². The van der Waals surface area contributed by atoms with Crippen molar-refractivity contribution in [2.45, 2.75) is 33.4 Å². The van der Waals surface area contributed by atoms with Crippen molar-refractivity contribution < 1.29 is 0 Å². The largest absolute Gasteiger partial charge is 0.185 e. The minimum atomic E-state index is -0.293. The Bertz CT molecular complexity index is 836. The van der Waals surface area contributed by atoms with E-state index < -0.39 is 0 Å². The van der Waals surface area contributed by atoms with Gasteiger partial charge in [-0.25, -0.2) is 0 Å². The van der Waals surface area contributed by atoms with Crippen LogP contribution < -0.4 is 0 Å². The fraction of sp³-hybridized carbons (Fsp3) is 0.0909. The van der Waals surface area contributed by atoms with Gasteiger partial charge in [-0.1, -0.05) is 58.0 Å². The Kier molecular flexibility index (Phi) is 5.75. The molecule has 2 heterocycles. The summed E-state index contributed by atoms with van der Waals surface area (Å²) in [4.78, 5) is 5.73. The molecule has 2 aliphatic heterocycles. The van der Waals surface area contributed by atoms with E-state index in [1.807, 2.05) is 21.6 Å². The van der Waals surface area contributed by atoms with Crippen LogP contribution in [0.3, 0.4) is 0 Å². The summed E-state index contributed by atoms with van der Waals surface area (Å²) in [7, 11) is 3.22. The fourth-order valence-corrected chi connectivity index (χ4v) is 9.63. The van der Waals surface area contributed by atoms with Gasteiger partial charge < -0.3 is 0 Å². The number of allylic oxidation sites excluding steroid dienone is 4. The van der Waals surface area contributed by atoms with Gasteiger partial charge in [-0.2, -0.15) is 21.8 Å². The lowest BCUT2D eigenvalue weighted by molar-refractivity contribution is 1.21. The zero-order valence-corrected chi connectivity index (χ0v) is 18.2. The van der Waals surface area contributed by atoms with Gasteiger partial charge in [0.15, 0.2) is 0 Å². The summed E-state index contributed by atoms with van der Waals surface area (Å²) in [5.74, 6) is 0. The highest BCUT2D eigenvalue weighted by Gasteiger charge is 2.14. The Labute approximate surface area is 169 Å². The highest BCUT2D eigenvalue weighted by Crippen LogP contribution is 2.53. The molecular formula is C22H22S4. The summed E-state index contributed by atoms with van der Waals surface area (Å²) in [6.07, 6.45) is 8.70. The predicted molar refractivity (Wildman–Crippen MR) is 125 cm³/mol. The third kappa shape index (κ3) is 4.04. The van der Waals surface area contributed by atoms with Crippen LogP contribution in [0, 0.1) is 13.8 Å². The van der Waals surface area contributed by atoms with Crippen molar-refractivity contribution in [2.75, 3.05) is 0 Å². The SMILES string of the molecule is Cc1ccc(SSc2ccc(C)cc2[SH]2C=CC=C2)c([SH]2C=CC=C2)c1. The summed E-state index contributed by atoms with van der Waals surface area (Å²) in [5, 5.41) is 9.36. The molecule has 0 nitrogen and oxygen atoms in total. The second kappa shape index (κ2) is 8.22. The summed E-state index contributed by atoms with van der Waals surface area (Å²) in [6, 6.07) is 13.8. The van der Waals surface area contributed by atoms with Crippen molar-refractivity contribution in [1.29, 1.82) is 0 Å². The molecule has 2 aromatic carbocycles. The molecule has 0 aromatic heterocycles. The minimum Gasteiger partial charge on any atom is -0.185 e. The van der Waals surface area contributed by atoms with Gasteiger partial charge >= 0.3 is 0 Å². The first kappa shape index (κ1) is 18.2. The lowest BCUT2D eigenvalue weighted by Crippen LogP contribution is -1.85. The normalized spacial score (nSPS) is 17.6. The maximum atomic E-state index is 2.36. The molecule has 2 aliphatic rings. The molecule has 26 heavy (non-hydrogen) atoms. The number of benzene rings is 2. The first-order valence-electron chi connectivity index (χ1n) is 8.53. The maximum Gasteiger partial charge on any atom is 0.0311 e. The number of thiol groups is 2. The molecule has 0 radical (unpaired) electrons. The van der Waals surface area contributed by atoms with Gasteiger partial charge in [0.05, 0.1) is 0 Å². The van der Waals surface area contributed by atoms with E-state index in [2.05, 4.69) is 96.2 Å². The van der Waals surface area contributed by atoms with Gasteiger partial charge in [-0.05, 0) is 70.9 Å². The third-order valence-electron chi connectivity index (χ3n) is 4.22. The number of aryl methyl sites for hydroxylation is 2. The van der Waals surface area contributed by atoms with Crippen molar-refractivity contribution in [1.82, 2.24) is 0 Å². The second-order valence-electron chi connectivity index (χ2n) is 6.29. The summed E-state index contributed by atoms with van der Waals surface area (Å²) in [6.45, 7) is 4.37. The van der Waals surface area contributed by atoms with Crippen molar-refractivity contribution in [2.24, 2.45) is 0 Å². The molecule has 0 saturated heterocycles. The molecular weight excluding hydrogens is 393 g/mol. The van der Waals surface area contributed by atoms with Gasteiger partial charge in [0.2, 0.25) is 0 Å². The lowest BCUT2D eigenvalue weighted by atomic mass is 10.2. The van der Waals surface area contributed by atoms with Crippen LogP contribution in [0.1, 0.15) is 11.1 Å². The number of rotatable bonds is 5. The van der Waals surface area contributed by atoms with E-state index >= 15 is 0 Å². The topological polar surface area (TPSA) is 0 Å². The van der Waals surface area contributed by atoms with E-state index in [1.54, 1.807) is 0 Å². The molecule has 0 spiro atoms. The zero-order valence-electron chi connectivity index (χ0n) is 14.8. The van der Waals surface area contributed by atoms with E-state index in [9.17, 15) is 0 Å². The van der Waals surface area contributed by atoms with Crippen LogP contribution in [-0.4, -0.2) is 0 Å². The molecule has 0 atom stereocenters. The fourth-order valence-electron chi connectivity index (χ4n) is 2.88. The maximum absolute atomic E-state index is 2.36. The van der Waals surface area contributed by atoms with Crippen LogP contribution >= 0.6 is 43.4 Å². The van der Waals surface area contributed by atoms with Crippen molar-refractivity contribution in [3.8, 4) is 0 Å². The second-order valence-corrected chi connectivity index (χ2v) is 12.3. The first-order chi connectivity index (χ1) is 12.7. The molecule has 2 aromatic rings. The molecule has 4 heteroatoms. The molecule has 0 amide bonds. The Morgan fingerprint density at radius 2 is 0.962 bits per heavy atom. The van der Waals surface area contributed by atoms with E-state index in [-0.39, 0.29) is 21.8 Å². The van der Waals surface area contributed by atoms with E-state index in [0.717, 1.165) is 0 Å². The smallest absolute Gasteiger partial charge is 0.0311 e. The highest BCUT2D eigenvalue weighted by atomic mass is 33.1. The number of hydrogen-bond donors (Lipinski definition) is 2. The quantitative estimate of drug-likeness (QED) is 0.377. The van der Waals surface area contributed by atoms with Crippen LogP contribution in [0.5, 0.6) is 0 Å². The minimum absolute atomic E-state index is 0.293. The van der Waals surface area contributed by atoms with Crippen molar-refractivity contribution in [3.63, 3.8) is 0 Å². The van der Waals surface area contributed by atoms with Gasteiger partial charge in [-0.15, -0.1) is 0 Å². The van der Waals surface area contributed by atoms with Gasteiger partial charge in [0.25, 0.3) is 0 Å². The van der Waals surface area contributed by atoms with E-state index in [0.29, 0.717) is 0 Å². The molecule has 134 valence electrons. The summed E-state index contributed by atoms with van der Waals surface area (Å²) in [5.41, 5.74) is 2.68. The monoisotopic (exact) mass is 414 g/mol. The average molecular weight is 415 g/mol. The van der Waals surface area contributed by atoms with Crippen molar-refractivity contribution in [3.05, 3.63) is 93.5 Å². The number of hydrogen-bond acceptors (Lipinski definition) is 2. The molecule has 0 fully saturated rings. The zero-order chi connectivity index (χ0) is 17.9. The van der Waals surface area contributed by atoms with Crippen LogP contribution in [0.15, 0.2) is 102 Å². The van der Waals surface area contributed by atoms with Crippen LogP contribution in [-0.2, 0) is 0 Å². The van der Waals surface area contributed by atoms with E-state index in [4.69, 9.17) is 0 Å². The predicted octanol–water partition coefficient (Wildman–Crippen LogP) is 7.91. The third-order valence-corrected chi connectivity index (χ3v) is 10.8. The molecule has 0 unspecified atom stereocenters. The Morgan fingerprint density at radius 1 is 0.577 bits per heavy atom. The van der Waals surface area contributed by atoms with Gasteiger partial charge in [-0.3, -0.25) is 0 Å². The van der Waals surface area contributed by atoms with Crippen LogP contribution in [0.4, 0.5) is 0 Å².